The number of nitrogens with one attached hydrogen (secondary N) is 1. The summed E-state index contributed by atoms with van der Waals surface area (Å²) in [7, 11) is -4.11. The zero-order chi connectivity index (χ0) is 29.3. The van der Waals surface area contributed by atoms with Gasteiger partial charge >= 0.3 is 0 Å². The predicted octanol–water partition coefficient (Wildman–Crippen LogP) is 4.92. The average Bonchev–Trinajstić information content (AvgIpc) is 2.96. The van der Waals surface area contributed by atoms with Gasteiger partial charge in [0.1, 0.15) is 18.3 Å². The first-order valence-electron chi connectivity index (χ1n) is 13.5. The predicted molar refractivity (Wildman–Crippen MR) is 158 cm³/mol. The molecule has 3 rings (SSSR count). The third-order valence-electron chi connectivity index (χ3n) is 6.82. The van der Waals surface area contributed by atoms with E-state index in [4.69, 9.17) is 4.74 Å². The first-order valence-corrected chi connectivity index (χ1v) is 15.0. The van der Waals surface area contributed by atoms with Gasteiger partial charge in [-0.15, -0.1) is 0 Å². The molecule has 2 amide bonds. The third-order valence-corrected chi connectivity index (χ3v) is 8.60. The van der Waals surface area contributed by atoms with Gasteiger partial charge in [-0.2, -0.15) is 0 Å². The summed E-state index contributed by atoms with van der Waals surface area (Å²) in [5.41, 5.74) is 2.15. The van der Waals surface area contributed by atoms with Crippen LogP contribution in [0.4, 0.5) is 5.69 Å². The number of aryl methyl sites for hydroxylation is 1. The maximum absolute atomic E-state index is 14.0. The van der Waals surface area contributed by atoms with Crippen LogP contribution in [0, 0.1) is 6.92 Å². The molecule has 9 heteroatoms. The number of hydrogen-bond donors (Lipinski definition) is 1. The van der Waals surface area contributed by atoms with E-state index in [0.29, 0.717) is 18.0 Å². The molecule has 0 saturated heterocycles. The second-order valence-corrected chi connectivity index (χ2v) is 11.6. The van der Waals surface area contributed by atoms with Crippen LogP contribution in [0.25, 0.3) is 0 Å². The summed E-state index contributed by atoms with van der Waals surface area (Å²) in [5.74, 6) is -0.204. The van der Waals surface area contributed by atoms with Gasteiger partial charge in [0.25, 0.3) is 10.0 Å². The summed E-state index contributed by atoms with van der Waals surface area (Å²) in [5, 5.41) is 2.95. The maximum atomic E-state index is 14.0. The standard InChI is InChI=1S/C31H39N3O5S/c1-6-24(4)32-31(36)25(5)33(21-26-14-12-11-13-23(26)3)30(35)22-34(27-17-19-28(20-18-27)39-7-2)40(37,38)29-15-9-8-10-16-29/h8-20,24-25H,6-7,21-22H2,1-5H3,(H,32,36). The van der Waals surface area contributed by atoms with Crippen LogP contribution in [0.1, 0.15) is 45.2 Å². The molecule has 8 nitrogen and oxygen atoms in total. The number of rotatable bonds is 13. The van der Waals surface area contributed by atoms with E-state index in [2.05, 4.69) is 5.32 Å². The molecule has 214 valence electrons. The third kappa shape index (κ3) is 7.63. The van der Waals surface area contributed by atoms with Gasteiger partial charge in [-0.3, -0.25) is 13.9 Å². The number of nitrogens with zero attached hydrogens (tertiary/aromatic N) is 2. The van der Waals surface area contributed by atoms with Gasteiger partial charge in [-0.25, -0.2) is 8.42 Å². The monoisotopic (exact) mass is 565 g/mol. The molecular formula is C31H39N3O5S. The topological polar surface area (TPSA) is 96.0 Å². The van der Waals surface area contributed by atoms with Crippen LogP contribution in [0.2, 0.25) is 0 Å². The van der Waals surface area contributed by atoms with Gasteiger partial charge in [0.05, 0.1) is 17.2 Å². The van der Waals surface area contributed by atoms with Crippen molar-refractivity contribution in [2.45, 2.75) is 64.6 Å². The summed E-state index contributed by atoms with van der Waals surface area (Å²) in [6.45, 7) is 9.47. The summed E-state index contributed by atoms with van der Waals surface area (Å²) in [4.78, 5) is 28.7. The van der Waals surface area contributed by atoms with E-state index in [1.54, 1.807) is 49.4 Å². The lowest BCUT2D eigenvalue weighted by Crippen LogP contribution is -2.52. The number of sulfonamides is 1. The Balaban J connectivity index is 2.02. The van der Waals surface area contributed by atoms with Gasteiger partial charge in [-0.05, 0) is 81.6 Å². The van der Waals surface area contributed by atoms with E-state index in [1.807, 2.05) is 52.0 Å². The summed E-state index contributed by atoms with van der Waals surface area (Å²) in [6.07, 6.45) is 0.741. The minimum atomic E-state index is -4.11. The van der Waals surface area contributed by atoms with Crippen molar-refractivity contribution in [3.8, 4) is 5.75 Å². The van der Waals surface area contributed by atoms with Crippen molar-refractivity contribution in [2.24, 2.45) is 0 Å². The van der Waals surface area contributed by atoms with Crippen LogP contribution in [0.3, 0.4) is 0 Å². The molecule has 0 aromatic heterocycles. The van der Waals surface area contributed by atoms with Crippen LogP contribution in [0.5, 0.6) is 5.75 Å². The summed E-state index contributed by atoms with van der Waals surface area (Å²) >= 11 is 0. The van der Waals surface area contributed by atoms with Crippen molar-refractivity contribution in [1.29, 1.82) is 0 Å². The van der Waals surface area contributed by atoms with E-state index >= 15 is 0 Å². The molecule has 3 aromatic carbocycles. The lowest BCUT2D eigenvalue weighted by molar-refractivity contribution is -0.139. The first kappa shape index (κ1) is 30.7. The van der Waals surface area contributed by atoms with Gasteiger partial charge in [0.15, 0.2) is 0 Å². The van der Waals surface area contributed by atoms with E-state index in [9.17, 15) is 18.0 Å². The van der Waals surface area contributed by atoms with Crippen molar-refractivity contribution >= 4 is 27.5 Å². The van der Waals surface area contributed by atoms with Crippen molar-refractivity contribution in [3.05, 3.63) is 90.0 Å². The number of carbonyl (C=O) groups excluding carboxylic acids is 2. The van der Waals surface area contributed by atoms with Crippen LogP contribution >= 0.6 is 0 Å². The molecule has 0 aliphatic rings. The molecule has 40 heavy (non-hydrogen) atoms. The van der Waals surface area contributed by atoms with E-state index in [0.717, 1.165) is 21.9 Å². The number of benzene rings is 3. The second-order valence-electron chi connectivity index (χ2n) is 9.69. The Bertz CT molecular complexity index is 1380. The summed E-state index contributed by atoms with van der Waals surface area (Å²) in [6, 6.07) is 21.3. The van der Waals surface area contributed by atoms with Crippen molar-refractivity contribution in [1.82, 2.24) is 10.2 Å². The highest BCUT2D eigenvalue weighted by Gasteiger charge is 2.33. The summed E-state index contributed by atoms with van der Waals surface area (Å²) < 4.78 is 34.3. The Labute approximate surface area is 238 Å². The zero-order valence-corrected chi connectivity index (χ0v) is 24.6. The van der Waals surface area contributed by atoms with E-state index < -0.39 is 28.5 Å². The smallest absolute Gasteiger partial charge is 0.264 e. The van der Waals surface area contributed by atoms with E-state index in [1.165, 1.54) is 17.0 Å². The van der Waals surface area contributed by atoms with Gasteiger partial charge in [-0.1, -0.05) is 49.4 Å². The molecule has 3 aromatic rings. The molecule has 0 aliphatic heterocycles. The molecule has 0 spiro atoms. The first-order chi connectivity index (χ1) is 19.1. The Morgan fingerprint density at radius 2 is 1.52 bits per heavy atom. The van der Waals surface area contributed by atoms with Crippen LogP contribution in [0.15, 0.2) is 83.8 Å². The molecule has 2 unspecified atom stereocenters. The van der Waals surface area contributed by atoms with Gasteiger partial charge in [0, 0.05) is 12.6 Å². The number of hydrogen-bond acceptors (Lipinski definition) is 5. The number of carbonyl (C=O) groups is 2. The lowest BCUT2D eigenvalue weighted by atomic mass is 10.1. The molecule has 0 saturated carbocycles. The van der Waals surface area contributed by atoms with Crippen molar-refractivity contribution in [2.75, 3.05) is 17.5 Å². The van der Waals surface area contributed by atoms with E-state index in [-0.39, 0.29) is 23.4 Å². The highest BCUT2D eigenvalue weighted by molar-refractivity contribution is 7.92. The molecule has 0 bridgehead atoms. The van der Waals surface area contributed by atoms with Crippen molar-refractivity contribution < 1.29 is 22.7 Å². The Kier molecular flexibility index (Phi) is 10.7. The quantitative estimate of drug-likeness (QED) is 0.317. The molecule has 2 atom stereocenters. The van der Waals surface area contributed by atoms with Crippen LogP contribution in [-0.2, 0) is 26.2 Å². The molecule has 0 radical (unpaired) electrons. The Morgan fingerprint density at radius 1 is 0.900 bits per heavy atom. The van der Waals surface area contributed by atoms with Crippen LogP contribution < -0.4 is 14.4 Å². The highest BCUT2D eigenvalue weighted by atomic mass is 32.2. The fourth-order valence-corrected chi connectivity index (χ4v) is 5.58. The average molecular weight is 566 g/mol. The maximum Gasteiger partial charge on any atom is 0.264 e. The fourth-order valence-electron chi connectivity index (χ4n) is 4.14. The lowest BCUT2D eigenvalue weighted by Gasteiger charge is -2.32. The van der Waals surface area contributed by atoms with Crippen LogP contribution in [-0.4, -0.2) is 50.4 Å². The SMILES string of the molecule is CCOc1ccc(N(CC(=O)N(Cc2ccccc2C)C(C)C(=O)NC(C)CC)S(=O)(=O)c2ccccc2)cc1. The molecular weight excluding hydrogens is 526 g/mol. The largest absolute Gasteiger partial charge is 0.494 e. The second kappa shape index (κ2) is 14.0. The molecule has 0 fully saturated rings. The highest BCUT2D eigenvalue weighted by Crippen LogP contribution is 2.27. The Hall–Kier alpha value is -3.85. The number of ether oxygens (including phenoxy) is 1. The van der Waals surface area contributed by atoms with Gasteiger partial charge < -0.3 is 15.0 Å². The minimum Gasteiger partial charge on any atom is -0.494 e. The number of anilines is 1. The minimum absolute atomic E-state index is 0.0599. The van der Waals surface area contributed by atoms with Gasteiger partial charge in [0.2, 0.25) is 11.8 Å². The molecule has 1 N–H and O–H groups in total. The Morgan fingerprint density at radius 3 is 2.12 bits per heavy atom. The van der Waals surface area contributed by atoms with Crippen molar-refractivity contribution in [3.63, 3.8) is 0 Å². The molecule has 0 aliphatic carbocycles. The fraction of sp³-hybridized carbons (Fsp3) is 0.355. The zero-order valence-electron chi connectivity index (χ0n) is 23.8. The number of amides is 2. The molecule has 0 heterocycles. The normalized spacial score (nSPS) is 12.7.